The van der Waals surface area contributed by atoms with Crippen molar-refractivity contribution in [2.75, 3.05) is 6.54 Å². The predicted molar refractivity (Wildman–Crippen MR) is 130 cm³/mol. The van der Waals surface area contributed by atoms with Crippen molar-refractivity contribution in [3.63, 3.8) is 0 Å². The summed E-state index contributed by atoms with van der Waals surface area (Å²) in [5.41, 5.74) is 1.46. The summed E-state index contributed by atoms with van der Waals surface area (Å²) in [6.45, 7) is -0.401. The van der Waals surface area contributed by atoms with E-state index in [2.05, 4.69) is 30.8 Å². The number of piperidine rings is 1. The number of nitrogens with zero attached hydrogens (tertiary/aromatic N) is 6. The fraction of sp³-hybridized carbons (Fsp3) is 0.600. The highest BCUT2D eigenvalue weighted by Crippen LogP contribution is 2.35. The van der Waals surface area contributed by atoms with Gasteiger partial charge in [-0.2, -0.15) is 23.4 Å². The van der Waals surface area contributed by atoms with Gasteiger partial charge in [-0.25, -0.2) is 14.5 Å². The summed E-state index contributed by atoms with van der Waals surface area (Å²) >= 11 is 0. The number of halogens is 3. The highest BCUT2D eigenvalue weighted by molar-refractivity contribution is 5.92. The molecule has 3 aromatic rings. The molecule has 3 aromatic heterocycles. The smallest absolute Gasteiger partial charge is 0.355 e. The molecule has 10 nitrogen and oxygen atoms in total. The Morgan fingerprint density at radius 3 is 2.68 bits per heavy atom. The van der Waals surface area contributed by atoms with Crippen LogP contribution in [0.1, 0.15) is 72.9 Å². The molecule has 13 heteroatoms. The Morgan fingerprint density at radius 1 is 1.24 bits per heavy atom. The molecule has 2 N–H and O–H groups in total. The van der Waals surface area contributed by atoms with Gasteiger partial charge in [-0.1, -0.05) is 25.7 Å². The summed E-state index contributed by atoms with van der Waals surface area (Å²) in [6.07, 6.45) is 6.47. The summed E-state index contributed by atoms with van der Waals surface area (Å²) in [4.78, 5) is 34.4. The molecule has 2 aliphatic rings. The summed E-state index contributed by atoms with van der Waals surface area (Å²) in [6, 6.07) is 1.29. The van der Waals surface area contributed by atoms with E-state index in [1.54, 1.807) is 25.5 Å². The van der Waals surface area contributed by atoms with E-state index in [1.807, 2.05) is 0 Å². The summed E-state index contributed by atoms with van der Waals surface area (Å²) < 4.78 is 42.7. The number of hydrogen-bond donors (Lipinski definition) is 2. The molecular weight excluding hydrogens is 501 g/mol. The first kappa shape index (κ1) is 26.1. The second-order valence-corrected chi connectivity index (χ2v) is 10.3. The lowest BCUT2D eigenvalue weighted by Crippen LogP contribution is -2.47. The van der Waals surface area contributed by atoms with Crippen LogP contribution in [0, 0.1) is 17.8 Å². The molecule has 38 heavy (non-hydrogen) atoms. The van der Waals surface area contributed by atoms with Crippen LogP contribution >= 0.6 is 0 Å². The zero-order chi connectivity index (χ0) is 26.9. The van der Waals surface area contributed by atoms with Gasteiger partial charge in [-0.05, 0) is 31.2 Å². The van der Waals surface area contributed by atoms with E-state index in [9.17, 15) is 22.8 Å². The largest absolute Gasteiger partial charge is 0.393 e. The third-order valence-corrected chi connectivity index (χ3v) is 7.66. The second-order valence-electron chi connectivity index (χ2n) is 10.3. The van der Waals surface area contributed by atoms with Crippen LogP contribution < -0.4 is 10.6 Å². The van der Waals surface area contributed by atoms with Crippen LogP contribution in [0.2, 0.25) is 0 Å². The third-order valence-electron chi connectivity index (χ3n) is 7.66. The maximum atomic E-state index is 13.2. The van der Waals surface area contributed by atoms with E-state index < -0.39 is 30.5 Å². The van der Waals surface area contributed by atoms with Crippen molar-refractivity contribution in [1.82, 2.24) is 40.0 Å². The van der Waals surface area contributed by atoms with E-state index in [1.165, 1.54) is 15.4 Å². The maximum Gasteiger partial charge on any atom is 0.393 e. The van der Waals surface area contributed by atoms with Crippen LogP contribution in [0.4, 0.5) is 13.2 Å². The van der Waals surface area contributed by atoms with E-state index in [0.717, 1.165) is 38.5 Å². The Labute approximate surface area is 217 Å². The van der Waals surface area contributed by atoms with E-state index in [-0.39, 0.29) is 30.7 Å². The zero-order valence-electron chi connectivity index (χ0n) is 21.1. The minimum atomic E-state index is -4.37. The number of amides is 2. The SMILES string of the molecule is Cn1nccc1C(=O)N[C@H](c1cn2nc(C[C@H]3C[C@@H](C(F)(F)F)CNC3=O)cnc2n1)C1CCCCCC1. The van der Waals surface area contributed by atoms with E-state index >= 15 is 0 Å². The Balaban J connectivity index is 1.39. The third kappa shape index (κ3) is 5.65. The normalized spacial score (nSPS) is 22.2. The Morgan fingerprint density at radius 2 is 2.00 bits per heavy atom. The number of carbonyl (C=O) groups excluding carboxylic acids is 2. The summed E-state index contributed by atoms with van der Waals surface area (Å²) in [5.74, 6) is -2.58. The van der Waals surface area contributed by atoms with Crippen molar-refractivity contribution < 1.29 is 22.8 Å². The van der Waals surface area contributed by atoms with Gasteiger partial charge >= 0.3 is 6.18 Å². The Bertz CT molecular complexity index is 1300. The average molecular weight is 533 g/mol. The predicted octanol–water partition coefficient (Wildman–Crippen LogP) is 3.16. The molecule has 0 aromatic carbocycles. The standard InChI is InChI=1S/C25H31F3N8O2/c1-35-20(8-9-31-35)23(38)33-21(15-6-4-2-3-5-7-15)19-14-36-24(32-19)30-13-18(34-36)11-16-10-17(25(26,27)28)12-29-22(16)37/h8-9,13-17,21H,2-7,10-12H2,1H3,(H,29,37)(H,33,38)/t16-,17-,21+/m1/s1. The van der Waals surface area contributed by atoms with Gasteiger partial charge in [-0.15, -0.1) is 0 Å². The van der Waals surface area contributed by atoms with Crippen LogP contribution in [0.3, 0.4) is 0 Å². The van der Waals surface area contributed by atoms with E-state index in [4.69, 9.17) is 0 Å². The molecule has 1 aliphatic carbocycles. The number of fused-ring (bicyclic) bond motifs is 1. The van der Waals surface area contributed by atoms with Gasteiger partial charge in [0.25, 0.3) is 11.7 Å². The number of aryl methyl sites for hydroxylation is 1. The van der Waals surface area contributed by atoms with Crippen molar-refractivity contribution in [2.24, 2.45) is 24.8 Å². The second kappa shape index (κ2) is 10.7. The van der Waals surface area contributed by atoms with Crippen LogP contribution in [0.15, 0.2) is 24.7 Å². The van der Waals surface area contributed by atoms with Crippen LogP contribution in [0.5, 0.6) is 0 Å². The van der Waals surface area contributed by atoms with Gasteiger partial charge in [0.15, 0.2) is 0 Å². The number of alkyl halides is 3. The number of rotatable bonds is 6. The monoisotopic (exact) mass is 532 g/mol. The molecule has 1 saturated heterocycles. The molecule has 1 aliphatic heterocycles. The van der Waals surface area contributed by atoms with Gasteiger partial charge in [0.05, 0.1) is 35.7 Å². The van der Waals surface area contributed by atoms with Crippen molar-refractivity contribution in [1.29, 1.82) is 0 Å². The van der Waals surface area contributed by atoms with Crippen LogP contribution in [0.25, 0.3) is 5.78 Å². The summed E-state index contributed by atoms with van der Waals surface area (Å²) in [5, 5.41) is 14.1. The van der Waals surface area contributed by atoms with Crippen LogP contribution in [-0.4, -0.2) is 53.9 Å². The molecule has 4 heterocycles. The quantitative estimate of drug-likeness (QED) is 0.471. The molecular formula is C25H31F3N8O2. The molecule has 5 rings (SSSR count). The van der Waals surface area contributed by atoms with E-state index in [0.29, 0.717) is 22.9 Å². The molecule has 3 atom stereocenters. The van der Waals surface area contributed by atoms with Crippen molar-refractivity contribution in [3.8, 4) is 0 Å². The summed E-state index contributed by atoms with van der Waals surface area (Å²) in [7, 11) is 1.71. The molecule has 2 fully saturated rings. The fourth-order valence-corrected chi connectivity index (χ4v) is 5.55. The highest BCUT2D eigenvalue weighted by Gasteiger charge is 2.44. The lowest BCUT2D eigenvalue weighted by molar-refractivity contribution is -0.183. The minimum absolute atomic E-state index is 0.0398. The van der Waals surface area contributed by atoms with Gasteiger partial charge in [0, 0.05) is 32.1 Å². The number of nitrogens with one attached hydrogen (secondary N) is 2. The van der Waals surface area contributed by atoms with Gasteiger partial charge in [0.1, 0.15) is 5.69 Å². The first-order valence-electron chi connectivity index (χ1n) is 13.0. The fourth-order valence-electron chi connectivity index (χ4n) is 5.55. The lowest BCUT2D eigenvalue weighted by atomic mass is 9.86. The lowest BCUT2D eigenvalue weighted by Gasteiger charge is -2.30. The number of carbonyl (C=O) groups is 2. The molecule has 0 radical (unpaired) electrons. The Hall–Kier alpha value is -3.51. The van der Waals surface area contributed by atoms with Crippen molar-refractivity contribution in [3.05, 3.63) is 41.7 Å². The average Bonchev–Trinajstić information content (AvgIpc) is 3.39. The van der Waals surface area contributed by atoms with Crippen LogP contribution in [-0.2, 0) is 18.3 Å². The first-order chi connectivity index (χ1) is 18.2. The number of hydrogen-bond acceptors (Lipinski definition) is 6. The first-order valence-corrected chi connectivity index (χ1v) is 13.0. The molecule has 1 saturated carbocycles. The van der Waals surface area contributed by atoms with Gasteiger partial charge in [0.2, 0.25) is 5.91 Å². The molecule has 0 spiro atoms. The molecule has 204 valence electrons. The topological polar surface area (TPSA) is 119 Å². The zero-order valence-corrected chi connectivity index (χ0v) is 21.1. The van der Waals surface area contributed by atoms with Crippen molar-refractivity contribution >= 4 is 17.6 Å². The molecule has 0 bridgehead atoms. The van der Waals surface area contributed by atoms with Gasteiger partial charge in [-0.3, -0.25) is 14.3 Å². The maximum absolute atomic E-state index is 13.2. The van der Waals surface area contributed by atoms with Gasteiger partial charge < -0.3 is 10.6 Å². The highest BCUT2D eigenvalue weighted by atomic mass is 19.4. The molecule has 2 amide bonds. The number of aromatic nitrogens is 6. The number of imidazole rings is 1. The van der Waals surface area contributed by atoms with Crippen molar-refractivity contribution in [2.45, 2.75) is 63.6 Å². The minimum Gasteiger partial charge on any atom is -0.355 e. The Kier molecular flexibility index (Phi) is 7.35. The molecule has 0 unspecified atom stereocenters.